The number of aryl methyl sites for hydroxylation is 1. The molecule has 2 aromatic heterocycles. The zero-order valence-corrected chi connectivity index (χ0v) is 27.7. The molecule has 3 heterocycles. The Morgan fingerprint density at radius 2 is 1.49 bits per heavy atom. The molecule has 1 saturated heterocycles. The Balaban J connectivity index is 1.65. The average molecular weight is 699 g/mol. The van der Waals surface area contributed by atoms with Crippen molar-refractivity contribution in [2.75, 3.05) is 18.6 Å². The number of benzene rings is 1. The first-order valence-corrected chi connectivity index (χ1v) is 16.0. The number of aromatic nitrogens is 4. The number of halogens is 6. The van der Waals surface area contributed by atoms with E-state index in [0.29, 0.717) is 56.2 Å². The minimum Gasteiger partial charge on any atom is -0.469 e. The fraction of sp³-hybridized carbons (Fsp3) is 0.545. The van der Waals surface area contributed by atoms with Crippen LogP contribution >= 0.6 is 0 Å². The molecule has 49 heavy (non-hydrogen) atoms. The summed E-state index contributed by atoms with van der Waals surface area (Å²) in [6.07, 6.45) is -1.26. The van der Waals surface area contributed by atoms with Crippen molar-refractivity contribution in [2.24, 2.45) is 7.05 Å². The summed E-state index contributed by atoms with van der Waals surface area (Å²) in [5.41, 5.74) is -1.68. The minimum absolute atomic E-state index is 0.100. The van der Waals surface area contributed by atoms with Crippen molar-refractivity contribution < 1.29 is 45.4 Å². The number of anilines is 1. The number of hydrogen-bond donors (Lipinski definition) is 0. The van der Waals surface area contributed by atoms with Gasteiger partial charge in [-0.25, -0.2) is 14.8 Å². The van der Waals surface area contributed by atoms with Gasteiger partial charge in [-0.15, -0.1) is 0 Å². The van der Waals surface area contributed by atoms with Gasteiger partial charge in [-0.05, 0) is 62.3 Å². The Morgan fingerprint density at radius 1 is 0.898 bits per heavy atom. The Hall–Kier alpha value is -4.37. The van der Waals surface area contributed by atoms with E-state index in [0.717, 1.165) is 5.56 Å². The fourth-order valence-electron chi connectivity index (χ4n) is 6.10. The van der Waals surface area contributed by atoms with Gasteiger partial charge in [0.25, 0.3) is 0 Å². The van der Waals surface area contributed by atoms with Gasteiger partial charge in [0.2, 0.25) is 5.95 Å². The molecule has 0 aliphatic carbocycles. The number of alkyl halides is 6. The van der Waals surface area contributed by atoms with Crippen LogP contribution in [0.2, 0.25) is 0 Å². The molecule has 268 valence electrons. The van der Waals surface area contributed by atoms with Crippen LogP contribution < -0.4 is 4.90 Å². The first kappa shape index (κ1) is 37.4. The molecular weight excluding hydrogens is 658 g/mol. The standard InChI is InChI=1S/C33H40F6N6O4/c1-5-26-14-28(15-27(6-2)45(26)31(47)49-10-8-7-9-29(46)48-4)44(30-40-16-22(17-41-30)23-18-42-43(3)20-23)19-21-11-24(32(34,35)36)13-25(12-21)33(37,38)39/h11-13,16-18,20,26-28H,5-10,14-15,19H2,1-4H3/t26-,27+,28+. The van der Waals surface area contributed by atoms with Crippen LogP contribution in [-0.2, 0) is 40.2 Å². The highest BCUT2D eigenvalue weighted by Gasteiger charge is 2.41. The van der Waals surface area contributed by atoms with Crippen molar-refractivity contribution >= 4 is 18.0 Å². The molecule has 10 nitrogen and oxygen atoms in total. The molecule has 0 N–H and O–H groups in total. The van der Waals surface area contributed by atoms with Gasteiger partial charge in [0.15, 0.2) is 0 Å². The first-order chi connectivity index (χ1) is 23.1. The van der Waals surface area contributed by atoms with E-state index in [1.165, 1.54) is 19.5 Å². The highest BCUT2D eigenvalue weighted by molar-refractivity contribution is 5.69. The minimum atomic E-state index is -5.01. The Bertz CT molecular complexity index is 1520. The topological polar surface area (TPSA) is 103 Å². The monoisotopic (exact) mass is 698 g/mol. The highest BCUT2D eigenvalue weighted by atomic mass is 19.4. The Morgan fingerprint density at radius 3 is 1.98 bits per heavy atom. The van der Waals surface area contributed by atoms with Gasteiger partial charge in [-0.2, -0.15) is 31.4 Å². The largest absolute Gasteiger partial charge is 0.469 e. The molecule has 1 aliphatic rings. The smallest absolute Gasteiger partial charge is 0.416 e. The maximum atomic E-state index is 13.8. The second-order valence-electron chi connectivity index (χ2n) is 12.0. The molecule has 3 aromatic rings. The number of likely N-dealkylation sites (tertiary alicyclic amines) is 1. The number of unbranched alkanes of at least 4 members (excludes halogenated alkanes) is 1. The normalized spacial score (nSPS) is 18.3. The zero-order chi connectivity index (χ0) is 35.9. The van der Waals surface area contributed by atoms with E-state index in [1.807, 2.05) is 13.8 Å². The number of piperidine rings is 1. The SMILES string of the molecule is CC[C@@H]1C[C@H](N(Cc2cc(C(F)(F)F)cc(C(F)(F)F)c2)c2ncc(-c3cnn(C)c3)cn2)C[C@H](CC)N1C(=O)OCCCCC(=O)OC. The summed E-state index contributed by atoms with van der Waals surface area (Å²) in [5, 5.41) is 4.14. The number of hydrogen-bond acceptors (Lipinski definition) is 8. The molecule has 0 radical (unpaired) electrons. The van der Waals surface area contributed by atoms with Crippen LogP contribution in [0.4, 0.5) is 37.1 Å². The summed E-state index contributed by atoms with van der Waals surface area (Å²) in [5.74, 6) is -0.236. The quantitative estimate of drug-likeness (QED) is 0.109. The van der Waals surface area contributed by atoms with Gasteiger partial charge in [-0.1, -0.05) is 13.8 Å². The zero-order valence-electron chi connectivity index (χ0n) is 27.7. The Kier molecular flexibility index (Phi) is 12.1. The molecule has 1 aromatic carbocycles. The van der Waals surface area contributed by atoms with Crippen LogP contribution in [-0.4, -0.2) is 68.6 Å². The molecule has 4 rings (SSSR count). The summed E-state index contributed by atoms with van der Waals surface area (Å²) in [7, 11) is 3.04. The molecule has 0 bridgehead atoms. The van der Waals surface area contributed by atoms with Gasteiger partial charge < -0.3 is 19.3 Å². The van der Waals surface area contributed by atoms with Gasteiger partial charge >= 0.3 is 24.4 Å². The molecule has 0 unspecified atom stereocenters. The van der Waals surface area contributed by atoms with Crippen LogP contribution in [0, 0.1) is 0 Å². The number of esters is 1. The van der Waals surface area contributed by atoms with Crippen molar-refractivity contribution in [1.82, 2.24) is 24.6 Å². The molecule has 0 saturated carbocycles. The lowest BCUT2D eigenvalue weighted by molar-refractivity contribution is -0.143. The summed E-state index contributed by atoms with van der Waals surface area (Å²) >= 11 is 0. The lowest BCUT2D eigenvalue weighted by Crippen LogP contribution is -2.57. The predicted octanol–water partition coefficient (Wildman–Crippen LogP) is 7.42. The van der Waals surface area contributed by atoms with Gasteiger partial charge in [-0.3, -0.25) is 9.48 Å². The van der Waals surface area contributed by atoms with E-state index in [2.05, 4.69) is 19.8 Å². The van der Waals surface area contributed by atoms with E-state index in [4.69, 9.17) is 4.74 Å². The number of amides is 1. The van der Waals surface area contributed by atoms with E-state index in [9.17, 15) is 35.9 Å². The van der Waals surface area contributed by atoms with Crippen molar-refractivity contribution in [3.63, 3.8) is 0 Å². The molecule has 1 amide bonds. The second kappa shape index (κ2) is 15.9. The first-order valence-electron chi connectivity index (χ1n) is 16.0. The number of nitrogens with zero attached hydrogens (tertiary/aromatic N) is 6. The van der Waals surface area contributed by atoms with E-state index in [1.54, 1.807) is 33.9 Å². The number of carbonyl (C=O) groups excluding carboxylic acids is 2. The van der Waals surface area contributed by atoms with Gasteiger partial charge in [0.05, 0.1) is 31.0 Å². The molecule has 0 spiro atoms. The van der Waals surface area contributed by atoms with Crippen molar-refractivity contribution in [2.45, 2.75) is 95.8 Å². The number of methoxy groups -OCH3 is 1. The van der Waals surface area contributed by atoms with E-state index < -0.39 is 35.6 Å². The van der Waals surface area contributed by atoms with Crippen LogP contribution in [0.3, 0.4) is 0 Å². The van der Waals surface area contributed by atoms with Gasteiger partial charge in [0, 0.05) is 67.9 Å². The van der Waals surface area contributed by atoms with Crippen LogP contribution in [0.1, 0.15) is 75.5 Å². The van der Waals surface area contributed by atoms with Gasteiger partial charge in [0.1, 0.15) is 0 Å². The molecule has 16 heteroatoms. The van der Waals surface area contributed by atoms with Crippen LogP contribution in [0.15, 0.2) is 43.0 Å². The number of rotatable bonds is 12. The molecular formula is C33H40F6N6O4. The molecule has 1 fully saturated rings. The maximum absolute atomic E-state index is 13.8. The van der Waals surface area contributed by atoms with Crippen molar-refractivity contribution in [3.8, 4) is 11.1 Å². The van der Waals surface area contributed by atoms with Crippen LogP contribution in [0.25, 0.3) is 11.1 Å². The average Bonchev–Trinajstić information content (AvgIpc) is 3.51. The highest BCUT2D eigenvalue weighted by Crippen LogP contribution is 2.38. The third-order valence-electron chi connectivity index (χ3n) is 8.63. The van der Waals surface area contributed by atoms with Crippen molar-refractivity contribution in [3.05, 3.63) is 59.7 Å². The van der Waals surface area contributed by atoms with Crippen molar-refractivity contribution in [1.29, 1.82) is 0 Å². The third kappa shape index (κ3) is 9.63. The summed E-state index contributed by atoms with van der Waals surface area (Å²) in [4.78, 5) is 37.0. The maximum Gasteiger partial charge on any atom is 0.416 e. The number of carbonyl (C=O) groups is 2. The van der Waals surface area contributed by atoms with E-state index in [-0.39, 0.29) is 55.2 Å². The molecule has 1 aliphatic heterocycles. The second-order valence-corrected chi connectivity index (χ2v) is 12.0. The van der Waals surface area contributed by atoms with E-state index >= 15 is 0 Å². The number of ether oxygens (including phenoxy) is 2. The summed E-state index contributed by atoms with van der Waals surface area (Å²) < 4.78 is 94.4. The Labute approximate surface area is 280 Å². The predicted molar refractivity (Wildman–Crippen MR) is 167 cm³/mol. The molecule has 3 atom stereocenters. The summed E-state index contributed by atoms with van der Waals surface area (Å²) in [6.45, 7) is 3.54. The van der Waals surface area contributed by atoms with Crippen LogP contribution in [0.5, 0.6) is 0 Å². The fourth-order valence-corrected chi connectivity index (χ4v) is 6.10. The third-order valence-corrected chi connectivity index (χ3v) is 8.63. The summed E-state index contributed by atoms with van der Waals surface area (Å²) in [6, 6.07) is 0.381. The lowest BCUT2D eigenvalue weighted by Gasteiger charge is -2.47. The lowest BCUT2D eigenvalue weighted by atomic mass is 9.87.